The van der Waals surface area contributed by atoms with Gasteiger partial charge in [0.15, 0.2) is 11.5 Å². The number of phenols is 2. The molecule has 0 saturated carbocycles. The van der Waals surface area contributed by atoms with Gasteiger partial charge in [0.1, 0.15) is 0 Å². The van der Waals surface area contributed by atoms with Crippen LogP contribution >= 0.6 is 11.6 Å². The number of nitrogens with one attached hydrogen (secondary N) is 1. The second-order valence-corrected chi connectivity index (χ2v) is 5.38. The predicted octanol–water partition coefficient (Wildman–Crippen LogP) is 3.47. The lowest BCUT2D eigenvalue weighted by Crippen LogP contribution is -2.27. The van der Waals surface area contributed by atoms with Crippen molar-refractivity contribution in [2.75, 3.05) is 0 Å². The second kappa shape index (κ2) is 6.64. The van der Waals surface area contributed by atoms with Gasteiger partial charge in [-0.25, -0.2) is 0 Å². The van der Waals surface area contributed by atoms with Crippen molar-refractivity contribution in [2.24, 2.45) is 0 Å². The standard InChI is InChI=1S/C16H18ClNO2/c1-11(7-12-3-2-4-14(17)8-12)18-10-13-5-6-15(19)16(20)9-13/h2-6,8-9,11,18-20H,7,10H2,1H3. The number of phenolic OH excluding ortho intramolecular Hbond substituents is 2. The Morgan fingerprint density at radius 3 is 2.55 bits per heavy atom. The van der Waals surface area contributed by atoms with E-state index in [1.165, 1.54) is 11.6 Å². The van der Waals surface area contributed by atoms with Crippen molar-refractivity contribution in [2.45, 2.75) is 25.9 Å². The Hall–Kier alpha value is -1.71. The molecule has 0 fully saturated rings. The average molecular weight is 292 g/mol. The molecule has 0 aliphatic heterocycles. The molecule has 4 heteroatoms. The van der Waals surface area contributed by atoms with Crippen LogP contribution in [0, 0.1) is 0 Å². The normalized spacial score (nSPS) is 12.3. The highest BCUT2D eigenvalue weighted by Crippen LogP contribution is 2.24. The lowest BCUT2D eigenvalue weighted by Gasteiger charge is -2.14. The molecule has 2 aromatic rings. The molecule has 106 valence electrons. The maximum absolute atomic E-state index is 9.44. The topological polar surface area (TPSA) is 52.5 Å². The summed E-state index contributed by atoms with van der Waals surface area (Å²) in [5, 5.41) is 22.8. The third-order valence-electron chi connectivity index (χ3n) is 3.13. The van der Waals surface area contributed by atoms with Crippen LogP contribution in [-0.4, -0.2) is 16.3 Å². The van der Waals surface area contributed by atoms with Gasteiger partial charge in [-0.1, -0.05) is 29.8 Å². The summed E-state index contributed by atoms with van der Waals surface area (Å²) in [5.74, 6) is -0.187. The van der Waals surface area contributed by atoms with Crippen molar-refractivity contribution in [3.05, 3.63) is 58.6 Å². The van der Waals surface area contributed by atoms with Crippen LogP contribution in [-0.2, 0) is 13.0 Å². The molecule has 3 N–H and O–H groups in total. The number of halogens is 1. The van der Waals surface area contributed by atoms with E-state index in [2.05, 4.69) is 18.3 Å². The number of hydrogen-bond acceptors (Lipinski definition) is 3. The summed E-state index contributed by atoms with van der Waals surface area (Å²) in [6.07, 6.45) is 0.880. The number of benzene rings is 2. The summed E-state index contributed by atoms with van der Waals surface area (Å²) < 4.78 is 0. The first-order valence-electron chi connectivity index (χ1n) is 6.53. The molecule has 20 heavy (non-hydrogen) atoms. The first-order chi connectivity index (χ1) is 9.54. The molecule has 1 atom stereocenters. The Morgan fingerprint density at radius 2 is 1.85 bits per heavy atom. The van der Waals surface area contributed by atoms with E-state index < -0.39 is 0 Å². The van der Waals surface area contributed by atoms with E-state index >= 15 is 0 Å². The molecule has 0 bridgehead atoms. The van der Waals surface area contributed by atoms with Crippen molar-refractivity contribution in [1.82, 2.24) is 5.32 Å². The fourth-order valence-corrected chi connectivity index (χ4v) is 2.27. The Kier molecular flexibility index (Phi) is 4.88. The van der Waals surface area contributed by atoms with E-state index in [-0.39, 0.29) is 17.5 Å². The zero-order valence-corrected chi connectivity index (χ0v) is 12.1. The van der Waals surface area contributed by atoms with Crippen LogP contribution in [0.4, 0.5) is 0 Å². The van der Waals surface area contributed by atoms with Crippen LogP contribution in [0.2, 0.25) is 5.02 Å². The highest BCUT2D eigenvalue weighted by molar-refractivity contribution is 6.30. The van der Waals surface area contributed by atoms with Gasteiger partial charge in [0.25, 0.3) is 0 Å². The van der Waals surface area contributed by atoms with Gasteiger partial charge in [-0.15, -0.1) is 0 Å². The van der Waals surface area contributed by atoms with Gasteiger partial charge in [-0.2, -0.15) is 0 Å². The summed E-state index contributed by atoms with van der Waals surface area (Å²) in [6, 6.07) is 13.0. The SMILES string of the molecule is CC(Cc1cccc(Cl)c1)NCc1ccc(O)c(O)c1. The molecule has 0 amide bonds. The molecule has 0 radical (unpaired) electrons. The van der Waals surface area contributed by atoms with E-state index in [4.69, 9.17) is 11.6 Å². The Bertz CT molecular complexity index is 586. The number of rotatable bonds is 5. The first-order valence-corrected chi connectivity index (χ1v) is 6.91. The number of aromatic hydroxyl groups is 2. The van der Waals surface area contributed by atoms with Gasteiger partial charge < -0.3 is 15.5 Å². The minimum absolute atomic E-state index is 0.0909. The van der Waals surface area contributed by atoms with Gasteiger partial charge in [0, 0.05) is 17.6 Å². The van der Waals surface area contributed by atoms with Crippen LogP contribution < -0.4 is 5.32 Å². The fourth-order valence-electron chi connectivity index (χ4n) is 2.06. The molecule has 0 aromatic heterocycles. The number of hydrogen-bond donors (Lipinski definition) is 3. The average Bonchev–Trinajstić information content (AvgIpc) is 2.40. The second-order valence-electron chi connectivity index (χ2n) is 4.94. The van der Waals surface area contributed by atoms with Gasteiger partial charge in [-0.05, 0) is 48.7 Å². The van der Waals surface area contributed by atoms with Crippen LogP contribution in [0.25, 0.3) is 0 Å². The van der Waals surface area contributed by atoms with E-state index in [1.807, 2.05) is 18.2 Å². The maximum atomic E-state index is 9.44. The van der Waals surface area contributed by atoms with Crippen molar-refractivity contribution in [3.8, 4) is 11.5 Å². The van der Waals surface area contributed by atoms with Crippen molar-refractivity contribution < 1.29 is 10.2 Å². The van der Waals surface area contributed by atoms with Crippen LogP contribution in [0.1, 0.15) is 18.1 Å². The molecule has 0 heterocycles. The van der Waals surface area contributed by atoms with E-state index in [0.717, 1.165) is 17.0 Å². The third-order valence-corrected chi connectivity index (χ3v) is 3.36. The zero-order chi connectivity index (χ0) is 14.5. The van der Waals surface area contributed by atoms with Crippen molar-refractivity contribution >= 4 is 11.6 Å². The quantitative estimate of drug-likeness (QED) is 0.739. The Labute approximate surface area is 123 Å². The fraction of sp³-hybridized carbons (Fsp3) is 0.250. The van der Waals surface area contributed by atoms with Crippen molar-refractivity contribution in [3.63, 3.8) is 0 Å². The molecule has 1 unspecified atom stereocenters. The highest BCUT2D eigenvalue weighted by Gasteiger charge is 2.05. The third kappa shape index (κ3) is 4.15. The predicted molar refractivity (Wildman–Crippen MR) is 81.2 cm³/mol. The van der Waals surface area contributed by atoms with Gasteiger partial charge in [-0.3, -0.25) is 0 Å². The Morgan fingerprint density at radius 1 is 1.05 bits per heavy atom. The van der Waals surface area contributed by atoms with E-state index in [1.54, 1.807) is 12.1 Å². The summed E-state index contributed by atoms with van der Waals surface area (Å²) in [5.41, 5.74) is 2.12. The highest BCUT2D eigenvalue weighted by atomic mass is 35.5. The summed E-state index contributed by atoms with van der Waals surface area (Å²) in [7, 11) is 0. The molecule has 0 saturated heterocycles. The lowest BCUT2D eigenvalue weighted by atomic mass is 10.1. The smallest absolute Gasteiger partial charge is 0.157 e. The largest absolute Gasteiger partial charge is 0.504 e. The molecular weight excluding hydrogens is 274 g/mol. The monoisotopic (exact) mass is 291 g/mol. The molecule has 0 spiro atoms. The minimum Gasteiger partial charge on any atom is -0.504 e. The van der Waals surface area contributed by atoms with Crippen molar-refractivity contribution in [1.29, 1.82) is 0 Å². The van der Waals surface area contributed by atoms with E-state index in [0.29, 0.717) is 6.54 Å². The molecule has 0 aliphatic carbocycles. The summed E-state index contributed by atoms with van der Waals surface area (Å²) >= 11 is 5.96. The van der Waals surface area contributed by atoms with Crippen LogP contribution in [0.15, 0.2) is 42.5 Å². The maximum Gasteiger partial charge on any atom is 0.157 e. The molecule has 0 aliphatic rings. The van der Waals surface area contributed by atoms with Crippen LogP contribution in [0.5, 0.6) is 11.5 Å². The summed E-state index contributed by atoms with van der Waals surface area (Å²) in [6.45, 7) is 2.73. The zero-order valence-electron chi connectivity index (χ0n) is 11.3. The molecule has 2 aromatic carbocycles. The Balaban J connectivity index is 1.88. The first kappa shape index (κ1) is 14.7. The van der Waals surface area contributed by atoms with Gasteiger partial charge in [0.2, 0.25) is 0 Å². The van der Waals surface area contributed by atoms with Gasteiger partial charge in [0.05, 0.1) is 0 Å². The minimum atomic E-state index is -0.0966. The summed E-state index contributed by atoms with van der Waals surface area (Å²) in [4.78, 5) is 0. The van der Waals surface area contributed by atoms with Crippen LogP contribution in [0.3, 0.4) is 0 Å². The molecular formula is C16H18ClNO2. The van der Waals surface area contributed by atoms with Gasteiger partial charge >= 0.3 is 0 Å². The molecule has 2 rings (SSSR count). The molecule has 3 nitrogen and oxygen atoms in total. The lowest BCUT2D eigenvalue weighted by molar-refractivity contribution is 0.402. The van der Waals surface area contributed by atoms with E-state index in [9.17, 15) is 10.2 Å².